The average Bonchev–Trinajstić information content (AvgIpc) is 2.11. The number of benzene rings is 1. The molecule has 1 aromatic carbocycles. The van der Waals surface area contributed by atoms with Gasteiger partial charge in [0.15, 0.2) is 0 Å². The van der Waals surface area contributed by atoms with Crippen molar-refractivity contribution in [3.8, 4) is 0 Å². The van der Waals surface area contributed by atoms with Gasteiger partial charge < -0.3 is 0 Å². The molecular formula is C7H2BrF4N3. The molecule has 0 amide bonds. The molecule has 0 atom stereocenters. The van der Waals surface area contributed by atoms with E-state index in [9.17, 15) is 17.6 Å². The summed E-state index contributed by atoms with van der Waals surface area (Å²) in [7, 11) is 0. The molecule has 0 saturated heterocycles. The van der Waals surface area contributed by atoms with Gasteiger partial charge in [-0.3, -0.25) is 0 Å². The lowest BCUT2D eigenvalue weighted by Crippen LogP contribution is -2.05. The Morgan fingerprint density at radius 2 is 1.93 bits per heavy atom. The van der Waals surface area contributed by atoms with Crippen molar-refractivity contribution in [2.45, 2.75) is 6.18 Å². The number of alkyl halides is 3. The van der Waals surface area contributed by atoms with Gasteiger partial charge >= 0.3 is 6.18 Å². The van der Waals surface area contributed by atoms with Crippen molar-refractivity contribution in [1.82, 2.24) is 0 Å². The first-order valence-electron chi connectivity index (χ1n) is 3.47. The van der Waals surface area contributed by atoms with E-state index in [1.807, 2.05) is 0 Å². The molecule has 80 valence electrons. The number of hydrogen-bond acceptors (Lipinski definition) is 1. The molecule has 8 heteroatoms. The molecule has 15 heavy (non-hydrogen) atoms. The maximum atomic E-state index is 13.0. The molecule has 1 aromatic rings. The van der Waals surface area contributed by atoms with E-state index in [0.29, 0.717) is 12.1 Å². The topological polar surface area (TPSA) is 48.8 Å². The van der Waals surface area contributed by atoms with Crippen molar-refractivity contribution in [3.63, 3.8) is 0 Å². The predicted molar refractivity (Wildman–Crippen MR) is 47.9 cm³/mol. The molecular weight excluding hydrogens is 282 g/mol. The normalized spacial score (nSPS) is 11.0. The highest BCUT2D eigenvalue weighted by Gasteiger charge is 2.32. The molecule has 0 aromatic heterocycles. The van der Waals surface area contributed by atoms with Crippen LogP contribution in [-0.4, -0.2) is 0 Å². The van der Waals surface area contributed by atoms with Crippen LogP contribution in [0.4, 0.5) is 23.2 Å². The first-order valence-corrected chi connectivity index (χ1v) is 4.27. The molecule has 0 N–H and O–H groups in total. The lowest BCUT2D eigenvalue weighted by molar-refractivity contribution is -0.137. The fourth-order valence-corrected chi connectivity index (χ4v) is 1.17. The predicted octanol–water partition coefficient (Wildman–Crippen LogP) is 4.55. The second-order valence-electron chi connectivity index (χ2n) is 2.48. The van der Waals surface area contributed by atoms with Gasteiger partial charge in [0.25, 0.3) is 0 Å². The van der Waals surface area contributed by atoms with Gasteiger partial charge in [-0.2, -0.15) is 13.2 Å². The summed E-state index contributed by atoms with van der Waals surface area (Å²) in [6.07, 6.45) is -4.68. The van der Waals surface area contributed by atoms with Gasteiger partial charge in [0.05, 0.1) is 15.7 Å². The first kappa shape index (κ1) is 11.8. The number of nitrogens with zero attached hydrogens (tertiary/aromatic N) is 3. The molecule has 0 bridgehead atoms. The van der Waals surface area contributed by atoms with Crippen LogP contribution >= 0.6 is 15.9 Å². The summed E-state index contributed by atoms with van der Waals surface area (Å²) < 4.78 is 49.3. The van der Waals surface area contributed by atoms with Crippen LogP contribution in [-0.2, 0) is 6.18 Å². The summed E-state index contributed by atoms with van der Waals surface area (Å²) in [4.78, 5) is 2.29. The maximum absolute atomic E-state index is 13.0. The summed E-state index contributed by atoms with van der Waals surface area (Å²) in [5.74, 6) is -1.13. The Morgan fingerprint density at radius 1 is 1.33 bits per heavy atom. The van der Waals surface area contributed by atoms with Crippen LogP contribution in [0.25, 0.3) is 10.4 Å². The van der Waals surface area contributed by atoms with Crippen LogP contribution in [0.2, 0.25) is 0 Å². The lowest BCUT2D eigenvalue weighted by atomic mass is 10.2. The highest BCUT2D eigenvalue weighted by atomic mass is 79.9. The van der Waals surface area contributed by atoms with E-state index in [-0.39, 0.29) is 4.47 Å². The molecule has 0 aliphatic heterocycles. The standard InChI is InChI=1S/C7H2BrF4N3/c8-6-4(9)1-3(7(10,11)12)2-5(6)14-15-13/h1-2H. The Balaban J connectivity index is 3.42. The largest absolute Gasteiger partial charge is 0.416 e. The minimum absolute atomic E-state index is 0.298. The summed E-state index contributed by atoms with van der Waals surface area (Å²) in [5, 5.41) is 2.93. The fraction of sp³-hybridized carbons (Fsp3) is 0.143. The molecule has 0 radical (unpaired) electrons. The Morgan fingerprint density at radius 3 is 2.40 bits per heavy atom. The van der Waals surface area contributed by atoms with E-state index in [0.717, 1.165) is 0 Å². The molecule has 3 nitrogen and oxygen atoms in total. The van der Waals surface area contributed by atoms with E-state index in [4.69, 9.17) is 5.53 Å². The lowest BCUT2D eigenvalue weighted by Gasteiger charge is -2.08. The quantitative estimate of drug-likeness (QED) is 0.314. The maximum Gasteiger partial charge on any atom is 0.416 e. The van der Waals surface area contributed by atoms with E-state index in [1.54, 1.807) is 0 Å². The monoisotopic (exact) mass is 283 g/mol. The molecule has 0 aliphatic rings. The van der Waals surface area contributed by atoms with Gasteiger partial charge in [-0.05, 0) is 33.6 Å². The van der Waals surface area contributed by atoms with Crippen molar-refractivity contribution < 1.29 is 17.6 Å². The molecule has 1 rings (SSSR count). The van der Waals surface area contributed by atoms with Gasteiger partial charge in [-0.25, -0.2) is 4.39 Å². The average molecular weight is 284 g/mol. The van der Waals surface area contributed by atoms with Crippen molar-refractivity contribution in [2.24, 2.45) is 5.11 Å². The second kappa shape index (κ2) is 4.08. The summed E-state index contributed by atoms with van der Waals surface area (Å²) in [5.41, 5.74) is 6.42. The van der Waals surface area contributed by atoms with Crippen LogP contribution in [0.3, 0.4) is 0 Å². The number of halogens is 5. The molecule has 0 spiro atoms. The third-order valence-electron chi connectivity index (χ3n) is 1.49. The number of azide groups is 1. The highest BCUT2D eigenvalue weighted by molar-refractivity contribution is 9.10. The van der Waals surface area contributed by atoms with E-state index in [2.05, 4.69) is 26.0 Å². The van der Waals surface area contributed by atoms with Crippen molar-refractivity contribution in [2.75, 3.05) is 0 Å². The third-order valence-corrected chi connectivity index (χ3v) is 2.27. The van der Waals surface area contributed by atoms with Gasteiger partial charge in [0.2, 0.25) is 0 Å². The Hall–Kier alpha value is -1.27. The van der Waals surface area contributed by atoms with Gasteiger partial charge in [0.1, 0.15) is 5.82 Å². The Kier molecular flexibility index (Phi) is 3.21. The Bertz CT molecular complexity index is 437. The van der Waals surface area contributed by atoms with E-state index in [1.165, 1.54) is 0 Å². The SMILES string of the molecule is [N-]=[N+]=Nc1cc(C(F)(F)F)cc(F)c1Br. The van der Waals surface area contributed by atoms with Gasteiger partial charge in [-0.1, -0.05) is 5.11 Å². The molecule has 0 heterocycles. The minimum Gasteiger partial charge on any atom is -0.206 e. The van der Waals surface area contributed by atoms with Crippen LogP contribution in [0.15, 0.2) is 21.7 Å². The molecule has 0 unspecified atom stereocenters. The van der Waals surface area contributed by atoms with Crippen molar-refractivity contribution in [3.05, 3.63) is 38.4 Å². The Labute approximate surface area is 89.5 Å². The van der Waals surface area contributed by atoms with Gasteiger partial charge in [-0.15, -0.1) is 0 Å². The zero-order valence-electron chi connectivity index (χ0n) is 6.89. The molecule has 0 saturated carbocycles. The number of hydrogen-bond donors (Lipinski definition) is 0. The van der Waals surface area contributed by atoms with E-state index >= 15 is 0 Å². The molecule has 0 fully saturated rings. The first-order chi connectivity index (χ1) is 6.86. The van der Waals surface area contributed by atoms with Crippen molar-refractivity contribution >= 4 is 21.6 Å². The van der Waals surface area contributed by atoms with E-state index < -0.39 is 23.2 Å². The summed E-state index contributed by atoms with van der Waals surface area (Å²) in [6.45, 7) is 0. The van der Waals surface area contributed by atoms with Gasteiger partial charge in [0, 0.05) is 4.91 Å². The van der Waals surface area contributed by atoms with Crippen molar-refractivity contribution in [1.29, 1.82) is 0 Å². The smallest absolute Gasteiger partial charge is 0.206 e. The van der Waals surface area contributed by atoms with Crippen LogP contribution in [0, 0.1) is 5.82 Å². The van der Waals surface area contributed by atoms with Crippen LogP contribution in [0.1, 0.15) is 5.56 Å². The number of rotatable bonds is 1. The zero-order chi connectivity index (χ0) is 11.6. The summed E-state index contributed by atoms with van der Waals surface area (Å²) in [6, 6.07) is 0.882. The minimum atomic E-state index is -4.68. The van der Waals surface area contributed by atoms with Crippen LogP contribution < -0.4 is 0 Å². The summed E-state index contributed by atoms with van der Waals surface area (Å²) >= 11 is 2.67. The third kappa shape index (κ3) is 2.60. The fourth-order valence-electron chi connectivity index (χ4n) is 0.859. The van der Waals surface area contributed by atoms with Crippen LogP contribution in [0.5, 0.6) is 0 Å². The molecule has 0 aliphatic carbocycles. The second-order valence-corrected chi connectivity index (χ2v) is 3.27. The zero-order valence-corrected chi connectivity index (χ0v) is 8.47. The highest BCUT2D eigenvalue weighted by Crippen LogP contribution is 2.36.